The second-order valence-electron chi connectivity index (χ2n) is 8.40. The van der Waals surface area contributed by atoms with Gasteiger partial charge in [0.05, 0.1) is 38.4 Å². The summed E-state index contributed by atoms with van der Waals surface area (Å²) in [5.41, 5.74) is -0.299. The van der Waals surface area contributed by atoms with Gasteiger partial charge in [-0.2, -0.15) is 18.2 Å². The molecule has 14 heteroatoms. The minimum Gasteiger partial charge on any atom is -0.481 e. The van der Waals surface area contributed by atoms with E-state index in [1.807, 2.05) is 11.8 Å². The fraction of sp³-hybridized carbons (Fsp3) is 0.435. The minimum atomic E-state index is -4.51. The summed E-state index contributed by atoms with van der Waals surface area (Å²) >= 11 is 0. The van der Waals surface area contributed by atoms with E-state index in [9.17, 15) is 22.8 Å². The van der Waals surface area contributed by atoms with Crippen LogP contribution in [0.1, 0.15) is 13.3 Å². The smallest absolute Gasteiger partial charge is 0.409 e. The number of hydrogen-bond acceptors (Lipinski definition) is 9. The van der Waals surface area contributed by atoms with Gasteiger partial charge in [0.1, 0.15) is 11.9 Å². The third-order valence-corrected chi connectivity index (χ3v) is 5.97. The molecule has 5 rings (SSSR count). The molecule has 0 aliphatic carbocycles. The molecule has 0 spiro atoms. The Morgan fingerprint density at radius 1 is 1.16 bits per heavy atom. The maximum Gasteiger partial charge on any atom is 0.409 e. The molecule has 5 heterocycles. The van der Waals surface area contributed by atoms with Crippen LogP contribution in [0.25, 0.3) is 0 Å². The van der Waals surface area contributed by atoms with Gasteiger partial charge in [0.25, 0.3) is 11.1 Å². The largest absolute Gasteiger partial charge is 0.481 e. The lowest BCUT2D eigenvalue weighted by Crippen LogP contribution is -2.51. The first-order valence-corrected chi connectivity index (χ1v) is 11.5. The van der Waals surface area contributed by atoms with Gasteiger partial charge in [-0.05, 0) is 19.4 Å². The van der Waals surface area contributed by atoms with Crippen LogP contribution in [-0.2, 0) is 11.3 Å². The molecule has 3 aromatic heterocycles. The number of ether oxygens (including phenoxy) is 2. The normalized spacial score (nSPS) is 19.5. The summed E-state index contributed by atoms with van der Waals surface area (Å²) < 4.78 is 53.6. The Kier molecular flexibility index (Phi) is 7.76. The molecule has 0 aromatic carbocycles. The number of alkyl halides is 3. The standard InChI is InChI=1S/C19H22F3N5O3.C4H4N2O/c1-12-11-30-8-7-25(12)15-10-17(28)26-6-4-14(19(20,21)22)27(18(26)24-15)13-3-5-23-16(9-13)29-2;7-4-1-2-5-3-6-4/h3,5,9-10,12,14H,4,6-8,11H2,1-2H3;1-3H,(H,5,6,7)/t12-,14+;/m1./s1. The third-order valence-electron chi connectivity index (χ3n) is 5.97. The van der Waals surface area contributed by atoms with Crippen LogP contribution in [0.2, 0.25) is 0 Å². The first kappa shape index (κ1) is 26.1. The first-order valence-electron chi connectivity index (χ1n) is 11.5. The molecule has 1 fully saturated rings. The summed E-state index contributed by atoms with van der Waals surface area (Å²) in [5, 5.41) is 0. The Morgan fingerprint density at radius 3 is 2.59 bits per heavy atom. The lowest BCUT2D eigenvalue weighted by molar-refractivity contribution is -0.150. The van der Waals surface area contributed by atoms with Crippen molar-refractivity contribution in [2.24, 2.45) is 0 Å². The maximum absolute atomic E-state index is 13.9. The summed E-state index contributed by atoms with van der Waals surface area (Å²) in [4.78, 5) is 40.4. The van der Waals surface area contributed by atoms with Crippen molar-refractivity contribution in [1.29, 1.82) is 0 Å². The monoisotopic (exact) mass is 521 g/mol. The van der Waals surface area contributed by atoms with Gasteiger partial charge >= 0.3 is 6.18 Å². The first-order chi connectivity index (χ1) is 17.7. The van der Waals surface area contributed by atoms with Crippen LogP contribution in [0.4, 0.5) is 30.6 Å². The molecule has 0 bridgehead atoms. The van der Waals surface area contributed by atoms with Gasteiger partial charge in [0, 0.05) is 43.7 Å². The molecule has 2 atom stereocenters. The van der Waals surface area contributed by atoms with Crippen molar-refractivity contribution in [2.75, 3.05) is 36.7 Å². The van der Waals surface area contributed by atoms with E-state index in [0.717, 1.165) is 4.90 Å². The van der Waals surface area contributed by atoms with Crippen LogP contribution >= 0.6 is 0 Å². The molecule has 37 heavy (non-hydrogen) atoms. The van der Waals surface area contributed by atoms with Crippen LogP contribution in [0, 0.1) is 0 Å². The predicted molar refractivity (Wildman–Crippen MR) is 128 cm³/mol. The second kappa shape index (κ2) is 11.0. The quantitative estimate of drug-likeness (QED) is 0.553. The summed E-state index contributed by atoms with van der Waals surface area (Å²) in [6.07, 6.45) is -0.620. The summed E-state index contributed by atoms with van der Waals surface area (Å²) in [7, 11) is 1.39. The van der Waals surface area contributed by atoms with Crippen LogP contribution in [0.5, 0.6) is 5.88 Å². The average Bonchev–Trinajstić information content (AvgIpc) is 2.88. The molecule has 1 saturated heterocycles. The van der Waals surface area contributed by atoms with Gasteiger partial charge in [0.15, 0.2) is 0 Å². The number of nitrogens with one attached hydrogen (secondary N) is 1. The van der Waals surface area contributed by atoms with E-state index < -0.39 is 12.2 Å². The second-order valence-corrected chi connectivity index (χ2v) is 8.40. The number of methoxy groups -OCH3 is 1. The van der Waals surface area contributed by atoms with Crippen molar-refractivity contribution >= 4 is 17.5 Å². The zero-order chi connectivity index (χ0) is 26.6. The summed E-state index contributed by atoms with van der Waals surface area (Å²) in [6, 6.07) is 3.72. The Labute approximate surface area is 209 Å². The molecule has 0 unspecified atom stereocenters. The number of hydrogen-bond donors (Lipinski definition) is 1. The predicted octanol–water partition coefficient (Wildman–Crippen LogP) is 2.11. The van der Waals surface area contributed by atoms with E-state index in [0.29, 0.717) is 25.6 Å². The summed E-state index contributed by atoms with van der Waals surface area (Å²) in [5.74, 6) is 0.472. The van der Waals surface area contributed by atoms with E-state index in [-0.39, 0.29) is 47.6 Å². The highest BCUT2D eigenvalue weighted by atomic mass is 19.4. The maximum atomic E-state index is 13.9. The molecule has 2 aliphatic rings. The number of nitrogens with zero attached hydrogens (tertiary/aromatic N) is 6. The highest BCUT2D eigenvalue weighted by molar-refractivity contribution is 5.62. The Balaban J connectivity index is 0.000000396. The fourth-order valence-corrected chi connectivity index (χ4v) is 4.18. The number of rotatable bonds is 3. The number of morpholine rings is 1. The van der Waals surface area contributed by atoms with E-state index in [4.69, 9.17) is 9.47 Å². The van der Waals surface area contributed by atoms with Crippen molar-refractivity contribution in [3.05, 3.63) is 63.7 Å². The van der Waals surface area contributed by atoms with Gasteiger partial charge in [-0.3, -0.25) is 19.1 Å². The highest BCUT2D eigenvalue weighted by Crippen LogP contribution is 2.39. The minimum absolute atomic E-state index is 0.0435. The van der Waals surface area contributed by atoms with Crippen molar-refractivity contribution in [3.63, 3.8) is 0 Å². The van der Waals surface area contributed by atoms with Crippen LogP contribution < -0.4 is 25.7 Å². The molecule has 198 valence electrons. The molecule has 0 amide bonds. The van der Waals surface area contributed by atoms with Crippen molar-refractivity contribution < 1.29 is 22.6 Å². The Hall–Kier alpha value is -3.94. The average molecular weight is 522 g/mol. The number of aromatic nitrogens is 5. The SMILES string of the molecule is COc1cc(N2c3nc(N4CCOC[C@H]4C)cc(=O)n3CC[C@H]2C(F)(F)F)ccn1.O=c1ccnc[nH]1. The number of halogens is 3. The van der Waals surface area contributed by atoms with Gasteiger partial charge in [-0.25, -0.2) is 9.97 Å². The van der Waals surface area contributed by atoms with Crippen LogP contribution in [0.3, 0.4) is 0 Å². The van der Waals surface area contributed by atoms with Crippen LogP contribution in [-0.4, -0.2) is 69.6 Å². The van der Waals surface area contributed by atoms with Crippen LogP contribution in [0.15, 0.2) is 52.6 Å². The van der Waals surface area contributed by atoms with Gasteiger partial charge in [-0.1, -0.05) is 0 Å². The number of H-pyrrole nitrogens is 1. The number of aromatic amines is 1. The lowest BCUT2D eigenvalue weighted by atomic mass is 10.1. The van der Waals surface area contributed by atoms with Gasteiger partial charge in [-0.15, -0.1) is 0 Å². The highest BCUT2D eigenvalue weighted by Gasteiger charge is 2.47. The zero-order valence-electron chi connectivity index (χ0n) is 20.2. The molecular weight excluding hydrogens is 495 g/mol. The Morgan fingerprint density at radius 2 is 1.97 bits per heavy atom. The zero-order valence-corrected chi connectivity index (χ0v) is 20.2. The molecular formula is C23H26F3N7O4. The molecule has 0 saturated carbocycles. The van der Waals surface area contributed by atoms with E-state index in [1.54, 1.807) is 0 Å². The Bertz CT molecular complexity index is 1310. The van der Waals surface area contributed by atoms with Crippen molar-refractivity contribution in [1.82, 2.24) is 24.5 Å². The third kappa shape index (κ3) is 5.90. The van der Waals surface area contributed by atoms with Gasteiger partial charge < -0.3 is 19.4 Å². The molecule has 2 aliphatic heterocycles. The van der Waals surface area contributed by atoms with E-state index in [2.05, 4.69) is 19.9 Å². The molecule has 11 nitrogen and oxygen atoms in total. The number of pyridine rings is 1. The van der Waals surface area contributed by atoms with Crippen molar-refractivity contribution in [2.45, 2.75) is 38.1 Å². The number of anilines is 3. The summed E-state index contributed by atoms with van der Waals surface area (Å²) in [6.45, 7) is 3.27. The topological polar surface area (TPSA) is 118 Å². The fourth-order valence-electron chi connectivity index (χ4n) is 4.18. The van der Waals surface area contributed by atoms with E-state index in [1.165, 1.54) is 54.7 Å². The lowest BCUT2D eigenvalue weighted by Gasteiger charge is -2.40. The number of fused-ring (bicyclic) bond motifs is 1. The molecule has 0 radical (unpaired) electrons. The van der Waals surface area contributed by atoms with Crippen molar-refractivity contribution in [3.8, 4) is 5.88 Å². The van der Waals surface area contributed by atoms with Gasteiger partial charge in [0.2, 0.25) is 11.8 Å². The molecule has 3 aromatic rings. The molecule has 1 N–H and O–H groups in total. The van der Waals surface area contributed by atoms with E-state index >= 15 is 0 Å².